The molecule has 3 aromatic heterocycles. The van der Waals surface area contributed by atoms with Gasteiger partial charge in [-0.15, -0.1) is 10.2 Å². The third-order valence-corrected chi connectivity index (χ3v) is 4.53. The smallest absolute Gasteiger partial charge is 0.238 e. The summed E-state index contributed by atoms with van der Waals surface area (Å²) in [5, 5.41) is 15.1. The zero-order valence-corrected chi connectivity index (χ0v) is 14.9. The highest BCUT2D eigenvalue weighted by Gasteiger charge is 2.21. The van der Waals surface area contributed by atoms with Crippen LogP contribution in [0.4, 0.5) is 5.82 Å². The molecule has 3 heterocycles. The molecule has 3 rings (SSSR count). The van der Waals surface area contributed by atoms with Crippen LogP contribution in [0, 0.1) is 0 Å². The van der Waals surface area contributed by atoms with Crippen molar-refractivity contribution >= 4 is 23.5 Å². The lowest BCUT2D eigenvalue weighted by Crippen LogP contribution is -2.25. The maximum absolute atomic E-state index is 12.4. The molecule has 1 amide bonds. The molecule has 0 saturated carbocycles. The van der Waals surface area contributed by atoms with E-state index in [9.17, 15) is 4.79 Å². The van der Waals surface area contributed by atoms with Gasteiger partial charge in [-0.05, 0) is 32.9 Å². The SMILES string of the molecule is CC(C)n1nccc1NC(=O)[C@H](C)Sc1nnc(-c2ccco2)n1N. The molecule has 0 saturated heterocycles. The standard InChI is InChI=1S/C15H19N7O2S/c1-9(2)22-12(6-7-17-22)18-14(23)10(3)25-15-20-19-13(21(15)16)11-5-4-8-24-11/h4-10H,16H2,1-3H3,(H,18,23)/t10-/m0/s1. The first kappa shape index (κ1) is 17.1. The first-order valence-corrected chi connectivity index (χ1v) is 8.60. The number of furan rings is 1. The van der Waals surface area contributed by atoms with E-state index in [2.05, 4.69) is 20.6 Å². The first-order valence-electron chi connectivity index (χ1n) is 7.72. The average Bonchev–Trinajstić information content (AvgIpc) is 3.29. The molecule has 0 aliphatic heterocycles. The second-order valence-corrected chi connectivity index (χ2v) is 6.97. The predicted molar refractivity (Wildman–Crippen MR) is 94.4 cm³/mol. The Labute approximate surface area is 148 Å². The molecule has 3 aromatic rings. The predicted octanol–water partition coefficient (Wildman–Crippen LogP) is 2.15. The molecule has 132 valence electrons. The summed E-state index contributed by atoms with van der Waals surface area (Å²) in [7, 11) is 0. The fourth-order valence-corrected chi connectivity index (χ4v) is 2.97. The van der Waals surface area contributed by atoms with Gasteiger partial charge in [0, 0.05) is 12.1 Å². The monoisotopic (exact) mass is 361 g/mol. The fraction of sp³-hybridized carbons (Fsp3) is 0.333. The molecular formula is C15H19N7O2S. The zero-order valence-electron chi connectivity index (χ0n) is 14.1. The van der Waals surface area contributed by atoms with Gasteiger partial charge in [0.1, 0.15) is 5.82 Å². The number of nitrogens with one attached hydrogen (secondary N) is 1. The molecular weight excluding hydrogens is 342 g/mol. The average molecular weight is 361 g/mol. The minimum absolute atomic E-state index is 0.149. The summed E-state index contributed by atoms with van der Waals surface area (Å²) >= 11 is 1.21. The van der Waals surface area contributed by atoms with E-state index in [0.29, 0.717) is 22.6 Å². The molecule has 0 aliphatic rings. The van der Waals surface area contributed by atoms with E-state index in [4.69, 9.17) is 10.3 Å². The van der Waals surface area contributed by atoms with Crippen molar-refractivity contribution in [1.82, 2.24) is 24.7 Å². The molecule has 1 atom stereocenters. The van der Waals surface area contributed by atoms with E-state index in [-0.39, 0.29) is 11.9 Å². The highest BCUT2D eigenvalue weighted by Crippen LogP contribution is 2.25. The number of aromatic nitrogens is 5. The van der Waals surface area contributed by atoms with E-state index in [1.807, 2.05) is 13.8 Å². The second-order valence-electron chi connectivity index (χ2n) is 5.66. The molecule has 10 heteroatoms. The van der Waals surface area contributed by atoms with Crippen LogP contribution in [0.15, 0.2) is 40.2 Å². The van der Waals surface area contributed by atoms with Gasteiger partial charge in [-0.3, -0.25) is 4.79 Å². The molecule has 0 fully saturated rings. The molecule has 0 spiro atoms. The lowest BCUT2D eigenvalue weighted by atomic mass is 10.4. The van der Waals surface area contributed by atoms with Crippen molar-refractivity contribution in [2.24, 2.45) is 0 Å². The topological polar surface area (TPSA) is 117 Å². The molecule has 25 heavy (non-hydrogen) atoms. The lowest BCUT2D eigenvalue weighted by molar-refractivity contribution is -0.115. The maximum atomic E-state index is 12.4. The van der Waals surface area contributed by atoms with Crippen LogP contribution in [0.5, 0.6) is 0 Å². The summed E-state index contributed by atoms with van der Waals surface area (Å²) in [5.41, 5.74) is 0. The number of thioether (sulfide) groups is 1. The second kappa shape index (κ2) is 7.01. The largest absolute Gasteiger partial charge is 0.461 e. The molecule has 0 unspecified atom stereocenters. The van der Waals surface area contributed by atoms with Crippen LogP contribution in [0.3, 0.4) is 0 Å². The molecule has 0 aliphatic carbocycles. The summed E-state index contributed by atoms with van der Waals surface area (Å²) in [4.78, 5) is 12.4. The number of hydrogen-bond donors (Lipinski definition) is 2. The highest BCUT2D eigenvalue weighted by atomic mass is 32.2. The van der Waals surface area contributed by atoms with Crippen LogP contribution < -0.4 is 11.2 Å². The van der Waals surface area contributed by atoms with Gasteiger partial charge in [-0.1, -0.05) is 11.8 Å². The number of rotatable bonds is 6. The van der Waals surface area contributed by atoms with Gasteiger partial charge >= 0.3 is 0 Å². The number of anilines is 1. The van der Waals surface area contributed by atoms with Crippen LogP contribution in [-0.2, 0) is 4.79 Å². The van der Waals surface area contributed by atoms with Crippen LogP contribution in [0.2, 0.25) is 0 Å². The van der Waals surface area contributed by atoms with Gasteiger partial charge in [0.05, 0.1) is 17.7 Å². The third kappa shape index (κ3) is 3.53. The van der Waals surface area contributed by atoms with Gasteiger partial charge in [0.25, 0.3) is 0 Å². The zero-order chi connectivity index (χ0) is 18.0. The Kier molecular flexibility index (Phi) is 4.79. The van der Waals surface area contributed by atoms with Gasteiger partial charge in [0.2, 0.25) is 16.9 Å². The van der Waals surface area contributed by atoms with Gasteiger partial charge in [-0.25, -0.2) is 9.36 Å². The van der Waals surface area contributed by atoms with E-state index < -0.39 is 5.25 Å². The summed E-state index contributed by atoms with van der Waals surface area (Å²) in [6.07, 6.45) is 3.18. The van der Waals surface area contributed by atoms with E-state index in [0.717, 1.165) is 0 Å². The number of nitrogens with two attached hydrogens (primary N) is 1. The third-order valence-electron chi connectivity index (χ3n) is 3.47. The Bertz CT molecular complexity index is 853. The van der Waals surface area contributed by atoms with Crippen molar-refractivity contribution in [2.75, 3.05) is 11.2 Å². The van der Waals surface area contributed by atoms with Crippen molar-refractivity contribution < 1.29 is 9.21 Å². The number of carbonyl (C=O) groups excluding carboxylic acids is 1. The van der Waals surface area contributed by atoms with Gasteiger partial charge in [0.15, 0.2) is 5.76 Å². The molecule has 0 aromatic carbocycles. The molecule has 0 bridgehead atoms. The maximum Gasteiger partial charge on any atom is 0.238 e. The Hall–Kier alpha value is -2.75. The number of amides is 1. The summed E-state index contributed by atoms with van der Waals surface area (Å²) < 4.78 is 8.33. The normalized spacial score (nSPS) is 12.5. The number of carbonyl (C=O) groups is 1. The van der Waals surface area contributed by atoms with Crippen molar-refractivity contribution in [1.29, 1.82) is 0 Å². The van der Waals surface area contributed by atoms with E-state index in [1.165, 1.54) is 22.7 Å². The molecule has 3 N–H and O–H groups in total. The summed E-state index contributed by atoms with van der Waals surface area (Å²) in [6.45, 7) is 5.76. The van der Waals surface area contributed by atoms with Crippen molar-refractivity contribution in [3.05, 3.63) is 30.7 Å². The van der Waals surface area contributed by atoms with Crippen molar-refractivity contribution in [2.45, 2.75) is 37.2 Å². The van der Waals surface area contributed by atoms with Gasteiger partial charge in [-0.2, -0.15) is 5.10 Å². The lowest BCUT2D eigenvalue weighted by Gasteiger charge is -2.14. The van der Waals surface area contributed by atoms with Gasteiger partial charge < -0.3 is 15.6 Å². The number of nitrogen functional groups attached to an aromatic ring is 1. The molecule has 9 nitrogen and oxygen atoms in total. The Balaban J connectivity index is 1.69. The minimum Gasteiger partial charge on any atom is -0.461 e. The van der Waals surface area contributed by atoms with E-state index in [1.54, 1.807) is 36.0 Å². The van der Waals surface area contributed by atoms with Crippen LogP contribution in [-0.4, -0.2) is 35.8 Å². The summed E-state index contributed by atoms with van der Waals surface area (Å²) in [5.74, 6) is 7.40. The minimum atomic E-state index is -0.425. The first-order chi connectivity index (χ1) is 12.0. The quantitative estimate of drug-likeness (QED) is 0.510. The Morgan fingerprint density at radius 3 is 2.80 bits per heavy atom. The fourth-order valence-electron chi connectivity index (χ4n) is 2.20. The van der Waals surface area contributed by atoms with Crippen LogP contribution >= 0.6 is 11.8 Å². The Morgan fingerprint density at radius 2 is 2.12 bits per heavy atom. The van der Waals surface area contributed by atoms with Crippen LogP contribution in [0.1, 0.15) is 26.8 Å². The van der Waals surface area contributed by atoms with Crippen molar-refractivity contribution in [3.8, 4) is 11.6 Å². The highest BCUT2D eigenvalue weighted by molar-refractivity contribution is 8.00. The number of nitrogens with zero attached hydrogens (tertiary/aromatic N) is 5. The molecule has 0 radical (unpaired) electrons. The number of hydrogen-bond acceptors (Lipinski definition) is 7. The van der Waals surface area contributed by atoms with Crippen molar-refractivity contribution in [3.63, 3.8) is 0 Å². The summed E-state index contributed by atoms with van der Waals surface area (Å²) in [6, 6.07) is 5.39. The van der Waals surface area contributed by atoms with E-state index >= 15 is 0 Å². The Morgan fingerprint density at radius 1 is 1.32 bits per heavy atom. The van der Waals surface area contributed by atoms with Crippen LogP contribution in [0.25, 0.3) is 11.6 Å².